The van der Waals surface area contributed by atoms with Gasteiger partial charge in [0.2, 0.25) is 0 Å². The average Bonchev–Trinajstić information content (AvgIpc) is 2.50. The van der Waals surface area contributed by atoms with Gasteiger partial charge in [-0.3, -0.25) is 9.59 Å². The van der Waals surface area contributed by atoms with E-state index in [-0.39, 0.29) is 0 Å². The van der Waals surface area contributed by atoms with E-state index in [2.05, 4.69) is 21.2 Å². The molecule has 4 nitrogen and oxygen atoms in total. The lowest BCUT2D eigenvalue weighted by atomic mass is 10.0. The van der Waals surface area contributed by atoms with E-state index in [1.807, 2.05) is 0 Å². The molecule has 1 heterocycles. The Labute approximate surface area is 94.7 Å². The minimum absolute atomic E-state index is 0.395. The second-order valence-corrected chi connectivity index (χ2v) is 4.07. The van der Waals surface area contributed by atoms with Gasteiger partial charge in [0.15, 0.2) is 0 Å². The summed E-state index contributed by atoms with van der Waals surface area (Å²) in [4.78, 5) is 22.8. The van der Waals surface area contributed by atoms with Gasteiger partial charge in [-0.1, -0.05) is 0 Å². The quantitative estimate of drug-likeness (QED) is 0.793. The van der Waals surface area contributed by atoms with Gasteiger partial charge in [-0.15, -0.1) is 0 Å². The SMILES string of the molecule is COc1cc(Br)c2c(c1C)C(=O)C(=O)N2. The van der Waals surface area contributed by atoms with Gasteiger partial charge in [0, 0.05) is 10.0 Å². The predicted octanol–water partition coefficient (Wildman–Crippen LogP) is 1.90. The molecular weight excluding hydrogens is 262 g/mol. The summed E-state index contributed by atoms with van der Waals surface area (Å²) in [5.74, 6) is -0.519. The number of amides is 1. The first-order valence-corrected chi connectivity index (χ1v) is 5.08. The summed E-state index contributed by atoms with van der Waals surface area (Å²) in [5, 5.41) is 2.52. The molecule has 0 aliphatic carbocycles. The van der Waals surface area contributed by atoms with Gasteiger partial charge in [0.1, 0.15) is 5.75 Å². The van der Waals surface area contributed by atoms with E-state index < -0.39 is 11.7 Å². The van der Waals surface area contributed by atoms with Crippen LogP contribution in [0.1, 0.15) is 15.9 Å². The summed E-state index contributed by atoms with van der Waals surface area (Å²) in [5.41, 5.74) is 1.61. The fourth-order valence-electron chi connectivity index (χ4n) is 1.63. The molecule has 0 spiro atoms. The van der Waals surface area contributed by atoms with Crippen LogP contribution in [0.4, 0.5) is 5.69 Å². The second-order valence-electron chi connectivity index (χ2n) is 3.22. The summed E-state index contributed by atoms with van der Waals surface area (Å²) >= 11 is 3.28. The molecule has 2 rings (SSSR count). The molecule has 0 radical (unpaired) electrons. The zero-order valence-electron chi connectivity index (χ0n) is 8.18. The maximum atomic E-state index is 11.5. The van der Waals surface area contributed by atoms with Gasteiger partial charge in [-0.2, -0.15) is 0 Å². The molecule has 5 heteroatoms. The maximum Gasteiger partial charge on any atom is 0.296 e. The molecule has 0 saturated heterocycles. The van der Waals surface area contributed by atoms with E-state index in [0.29, 0.717) is 27.0 Å². The Bertz CT molecular complexity index is 482. The van der Waals surface area contributed by atoms with Crippen LogP contribution >= 0.6 is 15.9 Å². The Morgan fingerprint density at radius 3 is 2.67 bits per heavy atom. The van der Waals surface area contributed by atoms with Crippen LogP contribution in [0.3, 0.4) is 0 Å². The number of anilines is 1. The van der Waals surface area contributed by atoms with E-state index in [1.165, 1.54) is 7.11 Å². The lowest BCUT2D eigenvalue weighted by Crippen LogP contribution is -2.13. The molecular formula is C10H8BrNO3. The van der Waals surface area contributed by atoms with Gasteiger partial charge < -0.3 is 10.1 Å². The lowest BCUT2D eigenvalue weighted by Gasteiger charge is -2.09. The van der Waals surface area contributed by atoms with Crippen molar-refractivity contribution in [3.8, 4) is 5.75 Å². The van der Waals surface area contributed by atoms with E-state index in [9.17, 15) is 9.59 Å². The summed E-state index contributed by atoms with van der Waals surface area (Å²) in [6.45, 7) is 1.75. The number of carbonyl (C=O) groups is 2. The van der Waals surface area contributed by atoms with Crippen molar-refractivity contribution < 1.29 is 14.3 Å². The third kappa shape index (κ3) is 1.34. The number of fused-ring (bicyclic) bond motifs is 1. The Morgan fingerprint density at radius 2 is 2.07 bits per heavy atom. The Hall–Kier alpha value is -1.36. The first-order chi connectivity index (χ1) is 7.06. The molecule has 1 amide bonds. The number of hydrogen-bond acceptors (Lipinski definition) is 3. The van der Waals surface area contributed by atoms with Crippen LogP contribution in [0, 0.1) is 6.92 Å². The zero-order chi connectivity index (χ0) is 11.2. The molecule has 15 heavy (non-hydrogen) atoms. The van der Waals surface area contributed by atoms with Crippen LogP contribution in [0.15, 0.2) is 10.5 Å². The molecule has 1 aromatic carbocycles. The third-order valence-electron chi connectivity index (χ3n) is 2.38. The summed E-state index contributed by atoms with van der Waals surface area (Å²) in [6.07, 6.45) is 0. The first kappa shape index (κ1) is 10.2. The van der Waals surface area contributed by atoms with Crippen LogP contribution in [0.25, 0.3) is 0 Å². The monoisotopic (exact) mass is 269 g/mol. The maximum absolute atomic E-state index is 11.5. The molecule has 0 bridgehead atoms. The van der Waals surface area contributed by atoms with Crippen LogP contribution in [0.5, 0.6) is 5.75 Å². The number of nitrogens with one attached hydrogen (secondary N) is 1. The van der Waals surface area contributed by atoms with Crippen molar-refractivity contribution >= 4 is 33.3 Å². The van der Waals surface area contributed by atoms with Crippen LogP contribution in [-0.2, 0) is 4.79 Å². The second kappa shape index (κ2) is 3.34. The molecule has 1 aliphatic rings. The van der Waals surface area contributed by atoms with Gasteiger partial charge in [0.25, 0.3) is 11.7 Å². The van der Waals surface area contributed by atoms with Crippen LogP contribution in [0.2, 0.25) is 0 Å². The number of ether oxygens (including phenoxy) is 1. The summed E-state index contributed by atoms with van der Waals surface area (Å²) in [6, 6.07) is 1.73. The standard InChI is InChI=1S/C10H8BrNO3/c1-4-6(15-2)3-5(11)8-7(4)9(13)10(14)12-8/h3H,1-2H3,(H,12,13,14). The first-order valence-electron chi connectivity index (χ1n) is 4.29. The van der Waals surface area contributed by atoms with E-state index >= 15 is 0 Å². The van der Waals surface area contributed by atoms with Gasteiger partial charge in [-0.05, 0) is 28.9 Å². The van der Waals surface area contributed by atoms with E-state index in [0.717, 1.165) is 0 Å². The number of ketones is 1. The van der Waals surface area contributed by atoms with Crippen LogP contribution < -0.4 is 10.1 Å². The smallest absolute Gasteiger partial charge is 0.296 e. The van der Waals surface area contributed by atoms with Crippen molar-refractivity contribution in [2.45, 2.75) is 6.92 Å². The number of rotatable bonds is 1. The van der Waals surface area contributed by atoms with Crippen LogP contribution in [-0.4, -0.2) is 18.8 Å². The third-order valence-corrected chi connectivity index (χ3v) is 3.01. The number of hydrogen-bond donors (Lipinski definition) is 1. The number of Topliss-reactive ketones (excluding diaryl/α,β-unsaturated/α-hetero) is 1. The summed E-state index contributed by atoms with van der Waals surface area (Å²) in [7, 11) is 1.52. The summed E-state index contributed by atoms with van der Waals surface area (Å²) < 4.78 is 5.77. The highest BCUT2D eigenvalue weighted by Gasteiger charge is 2.32. The molecule has 78 valence electrons. The molecule has 0 saturated carbocycles. The number of carbonyl (C=O) groups excluding carboxylic acids is 2. The lowest BCUT2D eigenvalue weighted by molar-refractivity contribution is -0.112. The van der Waals surface area contributed by atoms with Crippen molar-refractivity contribution in [2.24, 2.45) is 0 Å². The predicted molar refractivity (Wildman–Crippen MR) is 58.4 cm³/mol. The minimum Gasteiger partial charge on any atom is -0.496 e. The topological polar surface area (TPSA) is 55.4 Å². The fraction of sp³-hybridized carbons (Fsp3) is 0.200. The van der Waals surface area contributed by atoms with Crippen molar-refractivity contribution in [1.82, 2.24) is 0 Å². The van der Waals surface area contributed by atoms with E-state index in [4.69, 9.17) is 4.74 Å². The van der Waals surface area contributed by atoms with Crippen molar-refractivity contribution in [1.29, 1.82) is 0 Å². The van der Waals surface area contributed by atoms with E-state index in [1.54, 1.807) is 13.0 Å². The minimum atomic E-state index is -0.595. The molecule has 1 aromatic rings. The molecule has 0 unspecified atom stereocenters. The highest BCUT2D eigenvalue weighted by atomic mass is 79.9. The molecule has 1 aliphatic heterocycles. The molecule has 0 atom stereocenters. The molecule has 0 fully saturated rings. The molecule has 1 N–H and O–H groups in total. The fourth-order valence-corrected chi connectivity index (χ4v) is 2.13. The Balaban J connectivity index is 2.75. The van der Waals surface area contributed by atoms with Crippen molar-refractivity contribution in [3.05, 3.63) is 21.7 Å². The van der Waals surface area contributed by atoms with Gasteiger partial charge >= 0.3 is 0 Å². The average molecular weight is 270 g/mol. The highest BCUT2D eigenvalue weighted by molar-refractivity contribution is 9.10. The number of benzene rings is 1. The normalized spacial score (nSPS) is 13.8. The number of methoxy groups -OCH3 is 1. The highest BCUT2D eigenvalue weighted by Crippen LogP contribution is 2.38. The zero-order valence-corrected chi connectivity index (χ0v) is 9.77. The largest absolute Gasteiger partial charge is 0.496 e. The number of halogens is 1. The van der Waals surface area contributed by atoms with Crippen molar-refractivity contribution in [3.63, 3.8) is 0 Å². The Morgan fingerprint density at radius 1 is 1.40 bits per heavy atom. The van der Waals surface area contributed by atoms with Crippen molar-refractivity contribution in [2.75, 3.05) is 12.4 Å². The Kier molecular flexibility index (Phi) is 2.26. The van der Waals surface area contributed by atoms with Gasteiger partial charge in [0.05, 0.1) is 18.4 Å². The molecule has 0 aromatic heterocycles. The van der Waals surface area contributed by atoms with Gasteiger partial charge in [-0.25, -0.2) is 0 Å².